The Balaban J connectivity index is 2.00. The standard InChI is InChI=1S/C14H18N2O4S/c1-8-5-9-10(11(8)7-16-21(15,19)20)6-14(3-4-14)13(2,18)12(9)17/h5-6,16,18H,3-4,7H2,1-2H3,(H2,15,19,20). The lowest BCUT2D eigenvalue weighted by atomic mass is 9.72. The maximum absolute atomic E-state index is 12.5. The van der Waals surface area contributed by atoms with Gasteiger partial charge in [-0.25, -0.2) is 5.14 Å². The number of Topliss-reactive ketones (excluding diaryl/α,β-unsaturated/α-hetero) is 1. The smallest absolute Gasteiger partial charge is 0.274 e. The van der Waals surface area contributed by atoms with Crippen molar-refractivity contribution < 1.29 is 18.3 Å². The Bertz CT molecular complexity index is 737. The minimum Gasteiger partial charge on any atom is -0.381 e. The Labute approximate surface area is 123 Å². The van der Waals surface area contributed by atoms with E-state index in [1.54, 1.807) is 13.0 Å². The molecular formula is C14H18N2O4S. The molecule has 1 saturated carbocycles. The molecule has 0 saturated heterocycles. The van der Waals surface area contributed by atoms with E-state index in [1.165, 1.54) is 0 Å². The lowest BCUT2D eigenvalue weighted by molar-refractivity contribution is -0.137. The Morgan fingerprint density at radius 1 is 1.38 bits per heavy atom. The zero-order valence-corrected chi connectivity index (χ0v) is 12.8. The van der Waals surface area contributed by atoms with Crippen LogP contribution >= 0.6 is 0 Å². The second-order valence-electron chi connectivity index (χ2n) is 6.20. The van der Waals surface area contributed by atoms with Crippen molar-refractivity contribution in [1.82, 2.24) is 4.72 Å². The van der Waals surface area contributed by atoms with E-state index in [9.17, 15) is 18.3 Å². The van der Waals surface area contributed by atoms with Gasteiger partial charge in [0.15, 0.2) is 5.78 Å². The van der Waals surface area contributed by atoms with E-state index >= 15 is 0 Å². The molecule has 3 rings (SSSR count). The SMILES string of the molecule is CC1=C(CNS(N)(=O)=O)C2=CC3(CC3)C(C)(O)C(=O)C2=C1. The molecule has 1 atom stereocenters. The summed E-state index contributed by atoms with van der Waals surface area (Å²) in [6.07, 6.45) is 5.16. The summed E-state index contributed by atoms with van der Waals surface area (Å²) in [5.41, 5.74) is 0.863. The number of aliphatic hydroxyl groups is 1. The Hall–Kier alpha value is -1.28. The van der Waals surface area contributed by atoms with E-state index in [4.69, 9.17) is 5.14 Å². The van der Waals surface area contributed by atoms with Crippen molar-refractivity contribution in [2.24, 2.45) is 10.6 Å². The molecule has 0 heterocycles. The van der Waals surface area contributed by atoms with Crippen LogP contribution in [0.3, 0.4) is 0 Å². The van der Waals surface area contributed by atoms with Crippen LogP contribution in [0.2, 0.25) is 0 Å². The van der Waals surface area contributed by atoms with Crippen molar-refractivity contribution in [2.75, 3.05) is 6.54 Å². The van der Waals surface area contributed by atoms with Gasteiger partial charge in [-0.3, -0.25) is 4.79 Å². The van der Waals surface area contributed by atoms with Crippen LogP contribution < -0.4 is 9.86 Å². The average Bonchev–Trinajstić information content (AvgIpc) is 3.05. The fraction of sp³-hybridized carbons (Fsp3) is 0.500. The molecule has 0 aromatic rings. The highest BCUT2D eigenvalue weighted by Crippen LogP contribution is 2.60. The monoisotopic (exact) mass is 310 g/mol. The first-order chi connectivity index (χ1) is 9.57. The van der Waals surface area contributed by atoms with E-state index < -0.39 is 21.2 Å². The fourth-order valence-electron chi connectivity index (χ4n) is 3.19. The van der Waals surface area contributed by atoms with Gasteiger partial charge in [-0.1, -0.05) is 6.08 Å². The number of hydrogen-bond acceptors (Lipinski definition) is 4. The Morgan fingerprint density at radius 3 is 2.52 bits per heavy atom. The van der Waals surface area contributed by atoms with Gasteiger partial charge in [0, 0.05) is 17.5 Å². The highest BCUT2D eigenvalue weighted by atomic mass is 32.2. The molecule has 1 fully saturated rings. The molecule has 21 heavy (non-hydrogen) atoms. The molecule has 114 valence electrons. The summed E-state index contributed by atoms with van der Waals surface area (Å²) in [6, 6.07) is 0. The van der Waals surface area contributed by atoms with Gasteiger partial charge < -0.3 is 5.11 Å². The molecule has 0 aliphatic heterocycles. The molecule has 0 radical (unpaired) electrons. The largest absolute Gasteiger partial charge is 0.381 e. The summed E-state index contributed by atoms with van der Waals surface area (Å²) in [5.74, 6) is -0.289. The van der Waals surface area contributed by atoms with Crippen molar-refractivity contribution >= 4 is 16.0 Å². The first-order valence-electron chi connectivity index (χ1n) is 6.77. The van der Waals surface area contributed by atoms with Gasteiger partial charge >= 0.3 is 0 Å². The van der Waals surface area contributed by atoms with Crippen LogP contribution in [0.1, 0.15) is 26.7 Å². The number of hydrogen-bond donors (Lipinski definition) is 3. The van der Waals surface area contributed by atoms with Crippen LogP contribution in [-0.4, -0.2) is 31.5 Å². The highest BCUT2D eigenvalue weighted by molar-refractivity contribution is 7.87. The summed E-state index contributed by atoms with van der Waals surface area (Å²) >= 11 is 0. The number of carbonyl (C=O) groups is 1. The van der Waals surface area contributed by atoms with Gasteiger partial charge in [-0.15, -0.1) is 0 Å². The minimum atomic E-state index is -3.79. The molecular weight excluding hydrogens is 292 g/mol. The van der Waals surface area contributed by atoms with Crippen LogP contribution in [0.5, 0.6) is 0 Å². The fourth-order valence-corrected chi connectivity index (χ4v) is 3.53. The van der Waals surface area contributed by atoms with Crippen LogP contribution in [0.15, 0.2) is 34.4 Å². The molecule has 0 aromatic carbocycles. The number of nitrogens with two attached hydrogens (primary N) is 1. The number of ketones is 1. The second-order valence-corrected chi connectivity index (χ2v) is 7.58. The van der Waals surface area contributed by atoms with Crippen LogP contribution in [0, 0.1) is 5.41 Å². The van der Waals surface area contributed by atoms with Crippen molar-refractivity contribution in [2.45, 2.75) is 32.3 Å². The van der Waals surface area contributed by atoms with Gasteiger partial charge in [0.1, 0.15) is 5.60 Å². The normalized spacial score (nSPS) is 30.4. The lowest BCUT2D eigenvalue weighted by Crippen LogP contribution is -2.47. The summed E-state index contributed by atoms with van der Waals surface area (Å²) in [6.45, 7) is 3.42. The summed E-state index contributed by atoms with van der Waals surface area (Å²) in [5, 5.41) is 15.5. The maximum Gasteiger partial charge on any atom is 0.274 e. The third-order valence-corrected chi connectivity index (χ3v) is 5.31. The van der Waals surface area contributed by atoms with Crippen molar-refractivity contribution in [3.8, 4) is 0 Å². The Morgan fingerprint density at radius 2 is 2.00 bits per heavy atom. The number of nitrogens with one attached hydrogen (secondary N) is 1. The van der Waals surface area contributed by atoms with Gasteiger partial charge in [0.25, 0.3) is 10.2 Å². The first-order valence-corrected chi connectivity index (χ1v) is 8.32. The van der Waals surface area contributed by atoms with Gasteiger partial charge in [0.05, 0.1) is 0 Å². The van der Waals surface area contributed by atoms with Crippen molar-refractivity contribution in [3.63, 3.8) is 0 Å². The van der Waals surface area contributed by atoms with E-state index in [-0.39, 0.29) is 12.3 Å². The summed E-state index contributed by atoms with van der Waals surface area (Å²) in [4.78, 5) is 12.5. The second kappa shape index (κ2) is 4.13. The predicted octanol–water partition coefficient (Wildman–Crippen LogP) is 0.0763. The summed E-state index contributed by atoms with van der Waals surface area (Å²) in [7, 11) is -3.79. The number of rotatable bonds is 3. The molecule has 0 amide bonds. The molecule has 6 nitrogen and oxygen atoms in total. The zero-order valence-electron chi connectivity index (χ0n) is 11.9. The predicted molar refractivity (Wildman–Crippen MR) is 77.3 cm³/mol. The van der Waals surface area contributed by atoms with Gasteiger partial charge in [0.2, 0.25) is 0 Å². The molecule has 3 aliphatic rings. The van der Waals surface area contributed by atoms with Gasteiger partial charge in [-0.2, -0.15) is 13.1 Å². The molecule has 0 aromatic heterocycles. The van der Waals surface area contributed by atoms with Crippen LogP contribution in [-0.2, 0) is 15.0 Å². The minimum absolute atomic E-state index is 0.0437. The molecule has 7 heteroatoms. The maximum atomic E-state index is 12.5. The van der Waals surface area contributed by atoms with E-state index in [2.05, 4.69) is 4.72 Å². The third kappa shape index (κ3) is 2.12. The van der Waals surface area contributed by atoms with E-state index in [0.717, 1.165) is 29.6 Å². The highest BCUT2D eigenvalue weighted by Gasteiger charge is 2.62. The van der Waals surface area contributed by atoms with Gasteiger partial charge in [-0.05, 0) is 49.5 Å². The summed E-state index contributed by atoms with van der Waals surface area (Å²) < 4.78 is 24.4. The quantitative estimate of drug-likeness (QED) is 0.685. The molecule has 0 bridgehead atoms. The Kier molecular flexibility index (Phi) is 2.88. The van der Waals surface area contributed by atoms with Crippen LogP contribution in [0.25, 0.3) is 0 Å². The zero-order chi connectivity index (χ0) is 15.6. The van der Waals surface area contributed by atoms with Crippen LogP contribution in [0.4, 0.5) is 0 Å². The molecule has 1 unspecified atom stereocenters. The number of allylic oxidation sites excluding steroid dienone is 2. The average molecular weight is 310 g/mol. The number of fused-ring (bicyclic) bond motifs is 1. The lowest BCUT2D eigenvalue weighted by Gasteiger charge is -2.35. The molecule has 3 aliphatic carbocycles. The third-order valence-electron chi connectivity index (χ3n) is 4.77. The number of carbonyl (C=O) groups excluding carboxylic acids is 1. The molecule has 4 N–H and O–H groups in total. The first kappa shape index (κ1) is 14.6. The topological polar surface area (TPSA) is 109 Å². The molecule has 1 spiro atoms. The van der Waals surface area contributed by atoms with Crippen molar-refractivity contribution in [1.29, 1.82) is 0 Å². The van der Waals surface area contributed by atoms with Crippen molar-refractivity contribution in [3.05, 3.63) is 34.4 Å². The van der Waals surface area contributed by atoms with E-state index in [0.29, 0.717) is 5.57 Å². The van der Waals surface area contributed by atoms with E-state index in [1.807, 2.05) is 13.0 Å².